The van der Waals surface area contributed by atoms with E-state index in [0.29, 0.717) is 5.70 Å². The van der Waals surface area contributed by atoms with Crippen molar-refractivity contribution in [2.24, 2.45) is 15.0 Å². The van der Waals surface area contributed by atoms with Crippen LogP contribution in [0.5, 0.6) is 5.75 Å². The number of aryl methyl sites for hydroxylation is 1. The van der Waals surface area contributed by atoms with Gasteiger partial charge in [0.25, 0.3) is 10.0 Å². The Hall–Kier alpha value is -2.07. The third-order valence-corrected chi connectivity index (χ3v) is 10.3. The number of nitrogens with two attached hydrogens (primary N) is 1. The molecule has 1 atom stereocenters. The first-order chi connectivity index (χ1) is 19.4. The summed E-state index contributed by atoms with van der Waals surface area (Å²) < 4.78 is 37.3. The van der Waals surface area contributed by atoms with Crippen LogP contribution >= 0.6 is 23.5 Å². The molecule has 0 amide bonds. The Morgan fingerprint density at radius 3 is 2.63 bits per heavy atom. The van der Waals surface area contributed by atoms with Gasteiger partial charge < -0.3 is 30.0 Å². The van der Waals surface area contributed by atoms with Crippen LogP contribution in [0.1, 0.15) is 57.9 Å². The summed E-state index contributed by atoms with van der Waals surface area (Å²) in [6.07, 6.45) is 5.02. The van der Waals surface area contributed by atoms with Crippen molar-refractivity contribution >= 4 is 45.0 Å². The molecule has 6 N–H and O–H groups in total. The minimum absolute atomic E-state index is 0.181. The summed E-state index contributed by atoms with van der Waals surface area (Å²) in [6, 6.07) is 1.85. The van der Waals surface area contributed by atoms with Gasteiger partial charge in [0.15, 0.2) is 15.8 Å². The number of rotatable bonds is 14. The molecule has 0 radical (unpaired) electrons. The van der Waals surface area contributed by atoms with Crippen LogP contribution in [-0.4, -0.2) is 75.5 Å². The SMILES string of the molecule is C=C(N[C@@H](c1cc(CCCCN2CCN(C)CC2)co1)C(C)(C)C)/C(=N\SN)Nc1csc(S(=O)(=O)NCC)c1O. The van der Waals surface area contributed by atoms with Crippen LogP contribution in [-0.2, 0) is 16.4 Å². The van der Waals surface area contributed by atoms with E-state index < -0.39 is 15.8 Å². The molecule has 11 nitrogen and oxygen atoms in total. The van der Waals surface area contributed by atoms with Gasteiger partial charge in [-0.3, -0.25) is 5.14 Å². The Labute approximate surface area is 253 Å². The van der Waals surface area contributed by atoms with E-state index in [0.717, 1.165) is 86.8 Å². The summed E-state index contributed by atoms with van der Waals surface area (Å²) in [6.45, 7) is 18.0. The molecule has 0 spiro atoms. The number of piperazine rings is 1. The normalized spacial score (nSPS) is 16.6. The van der Waals surface area contributed by atoms with E-state index >= 15 is 0 Å². The molecule has 2 aromatic heterocycles. The fraction of sp³-hybridized carbons (Fsp3) is 0.593. The van der Waals surface area contributed by atoms with Gasteiger partial charge in [0.1, 0.15) is 5.76 Å². The number of hydrogen-bond acceptors (Lipinski definition) is 11. The van der Waals surface area contributed by atoms with E-state index in [1.165, 1.54) is 5.38 Å². The fourth-order valence-electron chi connectivity index (χ4n) is 4.57. The molecule has 0 unspecified atom stereocenters. The highest BCUT2D eigenvalue weighted by Crippen LogP contribution is 2.38. The van der Waals surface area contributed by atoms with Crippen LogP contribution in [0.25, 0.3) is 0 Å². The standard InChI is InChI=1S/C27H45N7O4S3/c1-7-29-41(36,37)26-23(35)21(18-39-26)31-25(32-40-28)19(2)30-24(27(3,4)5)22-16-20(17-38-22)10-8-9-11-34-14-12-33(6)13-15-34/h16-18,24,29-30,35H,2,7-15,28H2,1,3-6H3,(H,31,32)/t24-/m0/s1. The smallest absolute Gasteiger partial charge is 0.253 e. The van der Waals surface area contributed by atoms with Crippen molar-refractivity contribution in [1.29, 1.82) is 0 Å². The summed E-state index contributed by atoms with van der Waals surface area (Å²) in [5, 5.41) is 24.2. The van der Waals surface area contributed by atoms with Crippen LogP contribution in [0.15, 0.2) is 43.0 Å². The van der Waals surface area contributed by atoms with Crippen LogP contribution in [0.3, 0.4) is 0 Å². The third kappa shape index (κ3) is 9.46. The Kier molecular flexibility index (Phi) is 12.1. The lowest BCUT2D eigenvalue weighted by molar-refractivity contribution is 0.152. The number of anilines is 1. The first kappa shape index (κ1) is 33.4. The Balaban J connectivity index is 1.65. The number of hydrogen-bond donors (Lipinski definition) is 5. The summed E-state index contributed by atoms with van der Waals surface area (Å²) in [4.78, 5) is 4.91. The second-order valence-corrected chi connectivity index (χ2v) is 14.6. The molecule has 1 aliphatic heterocycles. The lowest BCUT2D eigenvalue weighted by atomic mass is 9.84. The predicted molar refractivity (Wildman–Crippen MR) is 170 cm³/mol. The van der Waals surface area contributed by atoms with Gasteiger partial charge in [0.2, 0.25) is 0 Å². The zero-order valence-electron chi connectivity index (χ0n) is 24.7. The van der Waals surface area contributed by atoms with E-state index in [4.69, 9.17) is 9.56 Å². The molecule has 1 aliphatic rings. The summed E-state index contributed by atoms with van der Waals surface area (Å²) in [5.41, 5.74) is 1.50. The molecule has 3 heterocycles. The second kappa shape index (κ2) is 14.9. The molecule has 2 aromatic rings. The van der Waals surface area contributed by atoms with Gasteiger partial charge in [-0.25, -0.2) is 13.1 Å². The summed E-state index contributed by atoms with van der Waals surface area (Å²) in [7, 11) is -1.65. The number of likely N-dealkylation sites (N-methyl/N-ethyl adjacent to an activating group) is 1. The van der Waals surface area contributed by atoms with Crippen molar-refractivity contribution in [2.45, 2.75) is 57.2 Å². The maximum atomic E-state index is 12.4. The Morgan fingerprint density at radius 1 is 1.29 bits per heavy atom. The summed E-state index contributed by atoms with van der Waals surface area (Å²) in [5.74, 6) is 0.641. The lowest BCUT2D eigenvalue weighted by Crippen LogP contribution is -2.44. The van der Waals surface area contributed by atoms with Gasteiger partial charge in [0, 0.05) is 38.1 Å². The number of nitrogens with zero attached hydrogens (tertiary/aromatic N) is 3. The molecule has 0 aliphatic carbocycles. The molecular weight excluding hydrogens is 583 g/mol. The Morgan fingerprint density at radius 2 is 2.00 bits per heavy atom. The van der Waals surface area contributed by atoms with Gasteiger partial charge in [-0.05, 0) is 49.9 Å². The molecule has 1 saturated heterocycles. The molecule has 0 aromatic carbocycles. The molecule has 0 saturated carbocycles. The largest absolute Gasteiger partial charge is 0.504 e. The number of furan rings is 1. The first-order valence-electron chi connectivity index (χ1n) is 13.8. The highest BCUT2D eigenvalue weighted by atomic mass is 32.2. The van der Waals surface area contributed by atoms with Gasteiger partial charge in [-0.2, -0.15) is 4.40 Å². The van der Waals surface area contributed by atoms with Gasteiger partial charge in [-0.15, -0.1) is 11.3 Å². The first-order valence-corrected chi connectivity index (χ1v) is 17.0. The van der Waals surface area contributed by atoms with Crippen molar-refractivity contribution in [3.63, 3.8) is 0 Å². The molecular formula is C27H45N7O4S3. The van der Waals surface area contributed by atoms with Crippen molar-refractivity contribution in [1.82, 2.24) is 19.8 Å². The van der Waals surface area contributed by atoms with E-state index in [1.54, 1.807) is 6.92 Å². The third-order valence-electron chi connectivity index (χ3n) is 6.92. The van der Waals surface area contributed by atoms with Gasteiger partial charge >= 0.3 is 0 Å². The molecule has 1 fully saturated rings. The summed E-state index contributed by atoms with van der Waals surface area (Å²) >= 11 is 1.63. The van der Waals surface area contributed by atoms with Crippen LogP contribution < -0.4 is 20.5 Å². The molecule has 0 bridgehead atoms. The van der Waals surface area contributed by atoms with Crippen molar-refractivity contribution in [3.05, 3.63) is 41.3 Å². The number of sulfonamides is 1. The van der Waals surface area contributed by atoms with E-state index in [-0.39, 0.29) is 33.7 Å². The fourth-order valence-corrected chi connectivity index (χ4v) is 7.15. The van der Waals surface area contributed by atoms with Crippen molar-refractivity contribution < 1.29 is 17.9 Å². The zero-order valence-corrected chi connectivity index (χ0v) is 27.1. The maximum Gasteiger partial charge on any atom is 0.253 e. The minimum atomic E-state index is -3.82. The number of nitrogens with one attached hydrogen (secondary N) is 3. The number of unbranched alkanes of at least 4 members (excludes halogenated alkanes) is 1. The molecule has 14 heteroatoms. The minimum Gasteiger partial charge on any atom is -0.504 e. The Bertz CT molecular complexity index is 1280. The van der Waals surface area contributed by atoms with Gasteiger partial charge in [-0.1, -0.05) is 34.3 Å². The highest BCUT2D eigenvalue weighted by Gasteiger charge is 2.31. The topological polar surface area (TPSA) is 148 Å². The van der Waals surface area contributed by atoms with Crippen LogP contribution in [0, 0.1) is 5.41 Å². The molecule has 3 rings (SSSR count). The van der Waals surface area contributed by atoms with Crippen LogP contribution in [0.4, 0.5) is 5.69 Å². The van der Waals surface area contributed by atoms with Gasteiger partial charge in [0.05, 0.1) is 35.8 Å². The number of thiophene rings is 1. The number of aromatic hydroxyl groups is 1. The predicted octanol–water partition coefficient (Wildman–Crippen LogP) is 4.14. The van der Waals surface area contributed by atoms with E-state index in [1.807, 2.05) is 6.26 Å². The van der Waals surface area contributed by atoms with E-state index in [9.17, 15) is 13.5 Å². The highest BCUT2D eigenvalue weighted by molar-refractivity contribution is 7.95. The second-order valence-electron chi connectivity index (χ2n) is 11.3. The van der Waals surface area contributed by atoms with E-state index in [2.05, 4.69) is 70.0 Å². The molecule has 230 valence electrons. The average Bonchev–Trinajstić information content (AvgIpc) is 3.52. The maximum absolute atomic E-state index is 12.4. The number of amidine groups is 1. The van der Waals surface area contributed by atoms with Crippen LogP contribution in [0.2, 0.25) is 0 Å². The average molecular weight is 628 g/mol. The van der Waals surface area contributed by atoms with Crippen molar-refractivity contribution in [2.75, 3.05) is 51.6 Å². The lowest BCUT2D eigenvalue weighted by Gasteiger charge is -2.32. The monoisotopic (exact) mass is 627 g/mol. The molecule has 41 heavy (non-hydrogen) atoms. The zero-order chi connectivity index (χ0) is 30.2. The van der Waals surface area contributed by atoms with Crippen molar-refractivity contribution in [3.8, 4) is 5.75 Å². The quantitative estimate of drug-likeness (QED) is 0.0896.